The zero-order valence-corrected chi connectivity index (χ0v) is 7.85. The van der Waals surface area contributed by atoms with Crippen molar-refractivity contribution >= 4 is 12.4 Å². The smallest absolute Gasteiger partial charge is 0.107 e. The molecule has 2 N–H and O–H groups in total. The lowest BCUT2D eigenvalue weighted by Gasteiger charge is -2.00. The Kier molecular flexibility index (Phi) is 1.97. The Labute approximate surface area is 78.0 Å². The van der Waals surface area contributed by atoms with Crippen LogP contribution >= 0.6 is 0 Å². The van der Waals surface area contributed by atoms with Gasteiger partial charge in [0.2, 0.25) is 0 Å². The maximum absolute atomic E-state index is 4.01. The molecule has 1 aliphatic rings. The topological polar surface area (TPSA) is 24.1 Å². The van der Waals surface area contributed by atoms with E-state index in [-0.39, 0.29) is 0 Å². The van der Waals surface area contributed by atoms with E-state index in [4.69, 9.17) is 0 Å². The fourth-order valence-corrected chi connectivity index (χ4v) is 1.55. The lowest BCUT2D eigenvalue weighted by molar-refractivity contribution is 0.942. The van der Waals surface area contributed by atoms with E-state index in [1.807, 2.05) is 0 Å². The van der Waals surface area contributed by atoms with Crippen LogP contribution in [0.5, 0.6) is 0 Å². The van der Waals surface area contributed by atoms with Crippen LogP contribution in [0.2, 0.25) is 0 Å². The summed E-state index contributed by atoms with van der Waals surface area (Å²) in [5.74, 6) is 1.12. The van der Waals surface area contributed by atoms with Crippen molar-refractivity contribution in [1.29, 1.82) is 0 Å². The van der Waals surface area contributed by atoms with Crippen LogP contribution < -0.4 is 21.1 Å². The van der Waals surface area contributed by atoms with Crippen LogP contribution in [-0.4, -0.2) is 13.1 Å². The highest BCUT2D eigenvalue weighted by molar-refractivity contribution is 5.44. The number of hydrogen-bond donors (Lipinski definition) is 2. The van der Waals surface area contributed by atoms with Crippen molar-refractivity contribution in [3.63, 3.8) is 0 Å². The molecule has 0 bridgehead atoms. The summed E-state index contributed by atoms with van der Waals surface area (Å²) in [6.45, 7) is 8.11. The highest BCUT2D eigenvalue weighted by atomic mass is 15.2. The zero-order chi connectivity index (χ0) is 9.26. The predicted molar refractivity (Wildman–Crippen MR) is 55.4 cm³/mol. The molecule has 1 aromatic carbocycles. The number of hydrogen-bond acceptors (Lipinski definition) is 2. The fourth-order valence-electron chi connectivity index (χ4n) is 1.55. The zero-order valence-electron chi connectivity index (χ0n) is 7.85. The van der Waals surface area contributed by atoms with Crippen molar-refractivity contribution in [2.75, 3.05) is 13.1 Å². The molecular formula is C11H14N2. The molecule has 0 radical (unpaired) electrons. The Bertz CT molecular complexity index is 412. The molecule has 1 heterocycles. The summed E-state index contributed by atoms with van der Waals surface area (Å²) in [5.41, 5.74) is 1.27. The first-order valence-electron chi connectivity index (χ1n) is 4.55. The van der Waals surface area contributed by atoms with E-state index < -0.39 is 0 Å². The molecule has 68 valence electrons. The lowest BCUT2D eigenvalue weighted by atomic mass is 10.2. The normalized spacial score (nSPS) is 15.3. The molecule has 2 rings (SSSR count). The van der Waals surface area contributed by atoms with Gasteiger partial charge in [-0.1, -0.05) is 24.3 Å². The molecule has 0 aromatic heterocycles. The SMILES string of the molecule is C=c1ccc(C)cc1=C1NCCN1. The van der Waals surface area contributed by atoms with Crippen molar-refractivity contribution in [2.45, 2.75) is 6.92 Å². The average molecular weight is 174 g/mol. The molecule has 2 nitrogen and oxygen atoms in total. The van der Waals surface area contributed by atoms with E-state index >= 15 is 0 Å². The minimum atomic E-state index is 1.00. The molecule has 0 unspecified atom stereocenters. The minimum absolute atomic E-state index is 1.00. The number of rotatable bonds is 0. The van der Waals surface area contributed by atoms with Crippen molar-refractivity contribution in [1.82, 2.24) is 10.6 Å². The van der Waals surface area contributed by atoms with Gasteiger partial charge in [-0.25, -0.2) is 0 Å². The third kappa shape index (κ3) is 1.52. The standard InChI is InChI=1S/C11H14N2/c1-8-3-4-9(2)10(7-8)11-12-5-6-13-11/h3-4,7,12-13H,2,5-6H2,1H3. The van der Waals surface area contributed by atoms with Gasteiger partial charge in [0.15, 0.2) is 0 Å². The molecule has 1 saturated heterocycles. The molecule has 0 atom stereocenters. The third-order valence-electron chi connectivity index (χ3n) is 2.26. The Hall–Kier alpha value is -1.44. The Morgan fingerprint density at radius 3 is 2.62 bits per heavy atom. The van der Waals surface area contributed by atoms with Crippen LogP contribution in [0.15, 0.2) is 18.2 Å². The summed E-state index contributed by atoms with van der Waals surface area (Å²) in [6.07, 6.45) is 0. The summed E-state index contributed by atoms with van der Waals surface area (Å²) in [4.78, 5) is 0. The van der Waals surface area contributed by atoms with Crippen molar-refractivity contribution in [3.05, 3.63) is 34.2 Å². The van der Waals surface area contributed by atoms with Crippen molar-refractivity contribution in [2.24, 2.45) is 0 Å². The summed E-state index contributed by atoms with van der Waals surface area (Å²) in [7, 11) is 0. The van der Waals surface area contributed by atoms with Gasteiger partial charge < -0.3 is 10.6 Å². The Morgan fingerprint density at radius 2 is 1.92 bits per heavy atom. The first-order valence-corrected chi connectivity index (χ1v) is 4.55. The summed E-state index contributed by atoms with van der Waals surface area (Å²) in [6, 6.07) is 6.30. The van der Waals surface area contributed by atoms with E-state index in [1.165, 1.54) is 10.8 Å². The van der Waals surface area contributed by atoms with Crippen LogP contribution in [0.3, 0.4) is 0 Å². The Morgan fingerprint density at radius 1 is 1.23 bits per heavy atom. The molecule has 1 fully saturated rings. The molecule has 13 heavy (non-hydrogen) atoms. The van der Waals surface area contributed by atoms with Gasteiger partial charge in [-0.3, -0.25) is 0 Å². The van der Waals surface area contributed by atoms with Crippen LogP contribution in [0.4, 0.5) is 0 Å². The van der Waals surface area contributed by atoms with Gasteiger partial charge in [0.1, 0.15) is 5.82 Å². The van der Waals surface area contributed by atoms with Crippen LogP contribution in [0.25, 0.3) is 12.4 Å². The van der Waals surface area contributed by atoms with E-state index in [9.17, 15) is 0 Å². The third-order valence-corrected chi connectivity index (χ3v) is 2.26. The monoisotopic (exact) mass is 174 g/mol. The lowest BCUT2D eigenvalue weighted by Crippen LogP contribution is -2.32. The second-order valence-corrected chi connectivity index (χ2v) is 3.39. The molecule has 2 heteroatoms. The highest BCUT2D eigenvalue weighted by Gasteiger charge is 2.03. The molecule has 1 aromatic rings. The van der Waals surface area contributed by atoms with Gasteiger partial charge in [-0.2, -0.15) is 0 Å². The van der Waals surface area contributed by atoms with Crippen LogP contribution in [0.1, 0.15) is 5.56 Å². The van der Waals surface area contributed by atoms with Crippen LogP contribution in [0, 0.1) is 6.92 Å². The van der Waals surface area contributed by atoms with Gasteiger partial charge in [0, 0.05) is 18.3 Å². The first-order chi connectivity index (χ1) is 6.27. The molecule has 0 saturated carbocycles. The summed E-state index contributed by atoms with van der Waals surface area (Å²) < 4.78 is 0. The highest BCUT2D eigenvalue weighted by Crippen LogP contribution is 1.90. The summed E-state index contributed by atoms with van der Waals surface area (Å²) >= 11 is 0. The second-order valence-electron chi connectivity index (χ2n) is 3.39. The van der Waals surface area contributed by atoms with E-state index in [1.54, 1.807) is 0 Å². The van der Waals surface area contributed by atoms with E-state index in [0.29, 0.717) is 0 Å². The van der Waals surface area contributed by atoms with Crippen molar-refractivity contribution in [3.8, 4) is 0 Å². The van der Waals surface area contributed by atoms with Gasteiger partial charge in [0.25, 0.3) is 0 Å². The molecule has 0 spiro atoms. The second kappa shape index (κ2) is 3.13. The summed E-state index contributed by atoms with van der Waals surface area (Å²) in [5, 5.41) is 8.88. The largest absolute Gasteiger partial charge is 0.370 e. The predicted octanol–water partition coefficient (Wildman–Crippen LogP) is -0.336. The molecule has 1 aliphatic heterocycles. The molecule has 0 amide bonds. The number of nitrogens with one attached hydrogen (secondary N) is 2. The molecular weight excluding hydrogens is 160 g/mol. The van der Waals surface area contributed by atoms with Gasteiger partial charge in [-0.05, 0) is 18.2 Å². The first kappa shape index (κ1) is 8.17. The van der Waals surface area contributed by atoms with E-state index in [2.05, 4.69) is 42.3 Å². The fraction of sp³-hybridized carbons (Fsp3) is 0.273. The van der Waals surface area contributed by atoms with Crippen molar-refractivity contribution < 1.29 is 0 Å². The van der Waals surface area contributed by atoms with Crippen LogP contribution in [-0.2, 0) is 0 Å². The van der Waals surface area contributed by atoms with E-state index in [0.717, 1.165) is 24.1 Å². The van der Waals surface area contributed by atoms with Gasteiger partial charge in [0.05, 0.1) is 0 Å². The quantitative estimate of drug-likeness (QED) is 0.562. The maximum atomic E-state index is 4.01. The minimum Gasteiger partial charge on any atom is -0.370 e. The number of benzene rings is 1. The molecule has 0 aliphatic carbocycles. The van der Waals surface area contributed by atoms with Gasteiger partial charge >= 0.3 is 0 Å². The number of aryl methyl sites for hydroxylation is 1. The average Bonchev–Trinajstić information content (AvgIpc) is 2.61. The Balaban J connectivity index is 2.67. The maximum Gasteiger partial charge on any atom is 0.107 e. The van der Waals surface area contributed by atoms with Gasteiger partial charge in [-0.15, -0.1) is 0 Å².